The number of likely N-dealkylation sites (tertiary alicyclic amines) is 1. The van der Waals surface area contributed by atoms with Gasteiger partial charge in [0.05, 0.1) is 5.92 Å². The molecule has 5 nitrogen and oxygen atoms in total. The summed E-state index contributed by atoms with van der Waals surface area (Å²) in [6.45, 7) is 5.83. The minimum atomic E-state index is -0.773. The van der Waals surface area contributed by atoms with Gasteiger partial charge in [-0.2, -0.15) is 0 Å². The van der Waals surface area contributed by atoms with Gasteiger partial charge in [0.1, 0.15) is 0 Å². The monoisotopic (exact) mass is 282 g/mol. The average Bonchev–Trinajstić information content (AvgIpc) is 2.35. The van der Waals surface area contributed by atoms with Crippen molar-refractivity contribution in [1.82, 2.24) is 10.2 Å². The van der Waals surface area contributed by atoms with E-state index in [2.05, 4.69) is 12.2 Å². The third kappa shape index (κ3) is 3.44. The zero-order valence-corrected chi connectivity index (χ0v) is 12.5. The van der Waals surface area contributed by atoms with E-state index >= 15 is 0 Å². The summed E-state index contributed by atoms with van der Waals surface area (Å²) in [6.07, 6.45) is 6.20. The van der Waals surface area contributed by atoms with Crippen LogP contribution >= 0.6 is 0 Å². The van der Waals surface area contributed by atoms with Crippen LogP contribution in [-0.4, -0.2) is 41.6 Å². The first-order valence-corrected chi connectivity index (χ1v) is 7.67. The quantitative estimate of drug-likeness (QED) is 0.831. The second kappa shape index (κ2) is 6.02. The first-order valence-electron chi connectivity index (χ1n) is 7.67. The Kier molecular flexibility index (Phi) is 4.55. The molecule has 1 unspecified atom stereocenters. The molecule has 2 fully saturated rings. The van der Waals surface area contributed by atoms with E-state index in [1.54, 1.807) is 11.8 Å². The minimum Gasteiger partial charge on any atom is -0.481 e. The van der Waals surface area contributed by atoms with Gasteiger partial charge in [0, 0.05) is 25.6 Å². The Morgan fingerprint density at radius 3 is 2.45 bits per heavy atom. The average molecular weight is 282 g/mol. The number of carbonyl (C=O) groups excluding carboxylic acids is 1. The Bertz CT molecular complexity index is 371. The van der Waals surface area contributed by atoms with Crippen LogP contribution in [0, 0.1) is 17.3 Å². The molecule has 0 spiro atoms. The summed E-state index contributed by atoms with van der Waals surface area (Å²) >= 11 is 0. The molecule has 1 aliphatic carbocycles. The van der Waals surface area contributed by atoms with Gasteiger partial charge in [-0.25, -0.2) is 4.79 Å². The van der Waals surface area contributed by atoms with Crippen LogP contribution in [0.1, 0.15) is 46.0 Å². The van der Waals surface area contributed by atoms with Crippen molar-refractivity contribution >= 4 is 12.0 Å². The van der Waals surface area contributed by atoms with Crippen LogP contribution in [0.4, 0.5) is 4.79 Å². The summed E-state index contributed by atoms with van der Waals surface area (Å²) in [5, 5.41) is 12.0. The van der Waals surface area contributed by atoms with Gasteiger partial charge < -0.3 is 15.3 Å². The summed E-state index contributed by atoms with van der Waals surface area (Å²) in [5.74, 6) is -1.04. The summed E-state index contributed by atoms with van der Waals surface area (Å²) in [5.41, 5.74) is 0.243. The summed E-state index contributed by atoms with van der Waals surface area (Å²) in [4.78, 5) is 24.6. The number of hydrogen-bond donors (Lipinski definition) is 2. The lowest BCUT2D eigenvalue weighted by Crippen LogP contribution is -2.57. The molecule has 1 saturated carbocycles. The maximum absolute atomic E-state index is 12.0. The Morgan fingerprint density at radius 2 is 1.90 bits per heavy atom. The molecule has 2 aliphatic rings. The number of nitrogens with zero attached hydrogens (tertiary/aromatic N) is 1. The SMILES string of the molecule is CC(C(=O)O)C1CN(C(=O)NCC2(C)CCCCC2)C1. The highest BCUT2D eigenvalue weighted by Gasteiger charge is 2.37. The molecule has 0 bridgehead atoms. The van der Waals surface area contributed by atoms with E-state index in [1.807, 2.05) is 0 Å². The highest BCUT2D eigenvalue weighted by Crippen LogP contribution is 2.35. The Hall–Kier alpha value is -1.26. The molecular weight excluding hydrogens is 256 g/mol. The fraction of sp³-hybridized carbons (Fsp3) is 0.867. The number of amides is 2. The second-order valence-corrected chi connectivity index (χ2v) is 6.82. The molecule has 0 radical (unpaired) electrons. The van der Waals surface area contributed by atoms with E-state index < -0.39 is 5.97 Å². The third-order valence-electron chi connectivity index (χ3n) is 5.02. The number of nitrogens with one attached hydrogen (secondary N) is 1. The number of rotatable bonds is 4. The lowest BCUT2D eigenvalue weighted by atomic mass is 9.76. The minimum absolute atomic E-state index is 0.0364. The first kappa shape index (κ1) is 15.1. The van der Waals surface area contributed by atoms with Crippen molar-refractivity contribution in [2.75, 3.05) is 19.6 Å². The van der Waals surface area contributed by atoms with Crippen LogP contribution in [0.2, 0.25) is 0 Å². The molecule has 1 atom stereocenters. The van der Waals surface area contributed by atoms with Crippen LogP contribution in [0.3, 0.4) is 0 Å². The zero-order chi connectivity index (χ0) is 14.8. The highest BCUT2D eigenvalue weighted by atomic mass is 16.4. The second-order valence-electron chi connectivity index (χ2n) is 6.82. The third-order valence-corrected chi connectivity index (χ3v) is 5.02. The topological polar surface area (TPSA) is 69.6 Å². The normalized spacial score (nSPS) is 23.8. The highest BCUT2D eigenvalue weighted by molar-refractivity contribution is 5.76. The standard InChI is InChI=1S/C15H26N2O3/c1-11(13(18)19)12-8-17(9-12)14(20)16-10-15(2)6-4-3-5-7-15/h11-12H,3-10H2,1-2H3,(H,16,20)(H,18,19). The Balaban J connectivity index is 1.70. The number of hydrogen-bond acceptors (Lipinski definition) is 2. The van der Waals surface area contributed by atoms with Gasteiger partial charge >= 0.3 is 12.0 Å². The number of aliphatic carboxylic acids is 1. The van der Waals surface area contributed by atoms with Crippen molar-refractivity contribution in [3.05, 3.63) is 0 Å². The lowest BCUT2D eigenvalue weighted by molar-refractivity contribution is -0.144. The molecule has 5 heteroatoms. The maximum Gasteiger partial charge on any atom is 0.317 e. The van der Waals surface area contributed by atoms with Crippen LogP contribution < -0.4 is 5.32 Å². The summed E-state index contributed by atoms with van der Waals surface area (Å²) < 4.78 is 0. The predicted octanol–water partition coefficient (Wildman–Crippen LogP) is 2.32. The van der Waals surface area contributed by atoms with Crippen LogP contribution in [0.15, 0.2) is 0 Å². The largest absolute Gasteiger partial charge is 0.481 e. The van der Waals surface area contributed by atoms with Gasteiger partial charge in [0.25, 0.3) is 0 Å². The van der Waals surface area contributed by atoms with Crippen LogP contribution in [0.5, 0.6) is 0 Å². The molecule has 2 amide bonds. The molecule has 0 aromatic carbocycles. The lowest BCUT2D eigenvalue weighted by Gasteiger charge is -2.42. The molecule has 20 heavy (non-hydrogen) atoms. The smallest absolute Gasteiger partial charge is 0.317 e. The molecule has 2 N–H and O–H groups in total. The van der Waals surface area contributed by atoms with E-state index in [1.165, 1.54) is 32.1 Å². The molecule has 1 aliphatic heterocycles. The van der Waals surface area contributed by atoms with Gasteiger partial charge in [-0.05, 0) is 18.3 Å². The van der Waals surface area contributed by atoms with Gasteiger partial charge in [-0.15, -0.1) is 0 Å². The number of carboxylic acids is 1. The zero-order valence-electron chi connectivity index (χ0n) is 12.5. The predicted molar refractivity (Wildman–Crippen MR) is 76.5 cm³/mol. The number of carbonyl (C=O) groups is 2. The van der Waals surface area contributed by atoms with E-state index in [4.69, 9.17) is 5.11 Å². The first-order chi connectivity index (χ1) is 9.41. The van der Waals surface area contributed by atoms with E-state index in [0.717, 1.165) is 6.54 Å². The van der Waals surface area contributed by atoms with E-state index in [9.17, 15) is 9.59 Å². The van der Waals surface area contributed by atoms with Crippen molar-refractivity contribution < 1.29 is 14.7 Å². The van der Waals surface area contributed by atoms with E-state index in [0.29, 0.717) is 13.1 Å². The fourth-order valence-electron chi connectivity index (χ4n) is 3.18. The molecule has 0 aromatic rings. The molecule has 2 rings (SSSR count). The molecule has 114 valence electrons. The van der Waals surface area contributed by atoms with Gasteiger partial charge in [-0.3, -0.25) is 4.79 Å². The number of carboxylic acid groups (broad SMARTS) is 1. The van der Waals surface area contributed by atoms with Crippen LogP contribution in [-0.2, 0) is 4.79 Å². The maximum atomic E-state index is 12.0. The van der Waals surface area contributed by atoms with Crippen LogP contribution in [0.25, 0.3) is 0 Å². The van der Waals surface area contributed by atoms with Crippen molar-refractivity contribution in [3.63, 3.8) is 0 Å². The van der Waals surface area contributed by atoms with Crippen molar-refractivity contribution in [2.24, 2.45) is 17.3 Å². The Labute approximate surface area is 120 Å². The Morgan fingerprint density at radius 1 is 1.30 bits per heavy atom. The number of urea groups is 1. The van der Waals surface area contributed by atoms with Crippen molar-refractivity contribution in [2.45, 2.75) is 46.0 Å². The molecule has 0 aromatic heterocycles. The molecular formula is C15H26N2O3. The fourth-order valence-corrected chi connectivity index (χ4v) is 3.18. The molecule has 1 saturated heterocycles. The van der Waals surface area contributed by atoms with E-state index in [-0.39, 0.29) is 23.3 Å². The summed E-state index contributed by atoms with van der Waals surface area (Å²) in [7, 11) is 0. The summed E-state index contributed by atoms with van der Waals surface area (Å²) in [6, 6.07) is -0.0364. The van der Waals surface area contributed by atoms with Crippen molar-refractivity contribution in [1.29, 1.82) is 0 Å². The van der Waals surface area contributed by atoms with Crippen molar-refractivity contribution in [3.8, 4) is 0 Å². The van der Waals surface area contributed by atoms with Gasteiger partial charge in [0.15, 0.2) is 0 Å². The van der Waals surface area contributed by atoms with Gasteiger partial charge in [0.2, 0.25) is 0 Å². The molecule has 1 heterocycles. The van der Waals surface area contributed by atoms with Gasteiger partial charge in [-0.1, -0.05) is 33.1 Å².